The van der Waals surface area contributed by atoms with Crippen molar-refractivity contribution in [3.05, 3.63) is 47.0 Å². The molecule has 2 aromatic rings. The smallest absolute Gasteiger partial charge is 0.150 e. The van der Waals surface area contributed by atoms with Gasteiger partial charge in [0.05, 0.1) is 0 Å². The topological polar surface area (TPSA) is 24.9 Å². The summed E-state index contributed by atoms with van der Waals surface area (Å²) < 4.78 is 1.18. The Kier molecular flexibility index (Phi) is 3.68. The Bertz CT molecular complexity index is 510. The van der Waals surface area contributed by atoms with Crippen molar-refractivity contribution in [1.82, 2.24) is 10.3 Å². The monoisotopic (exact) mass is 276 g/mol. The lowest BCUT2D eigenvalue weighted by Crippen LogP contribution is -2.32. The second kappa shape index (κ2) is 5.43. The van der Waals surface area contributed by atoms with Gasteiger partial charge in [0.2, 0.25) is 0 Å². The van der Waals surface area contributed by atoms with E-state index in [0.29, 0.717) is 11.3 Å². The molecule has 1 heterocycles. The summed E-state index contributed by atoms with van der Waals surface area (Å²) in [5.74, 6) is 0. The number of thioether (sulfide) groups is 1. The van der Waals surface area contributed by atoms with E-state index in [0.717, 1.165) is 0 Å². The molecule has 1 aromatic heterocycles. The van der Waals surface area contributed by atoms with E-state index in [-0.39, 0.29) is 0 Å². The first-order valence-corrected chi connectivity index (χ1v) is 7.95. The third kappa shape index (κ3) is 2.32. The fourth-order valence-electron chi connectivity index (χ4n) is 2.60. The minimum absolute atomic E-state index is 0.434. The second-order valence-corrected chi connectivity index (χ2v) is 6.84. The van der Waals surface area contributed by atoms with Gasteiger partial charge < -0.3 is 5.32 Å². The lowest BCUT2D eigenvalue weighted by molar-refractivity contribution is 0.510. The van der Waals surface area contributed by atoms with Gasteiger partial charge in [-0.3, -0.25) is 0 Å². The molecule has 0 saturated carbocycles. The van der Waals surface area contributed by atoms with Gasteiger partial charge >= 0.3 is 0 Å². The van der Waals surface area contributed by atoms with Crippen LogP contribution in [0.15, 0.2) is 40.2 Å². The first-order valence-electron chi connectivity index (χ1n) is 6.19. The zero-order chi connectivity index (χ0) is 12.4. The van der Waals surface area contributed by atoms with Crippen molar-refractivity contribution in [3.63, 3.8) is 0 Å². The predicted octanol–water partition coefficient (Wildman–Crippen LogP) is 3.51. The van der Waals surface area contributed by atoms with Crippen LogP contribution in [0.1, 0.15) is 23.6 Å². The molecule has 0 bridgehead atoms. The van der Waals surface area contributed by atoms with Crippen molar-refractivity contribution in [2.24, 2.45) is 0 Å². The molecule has 2 nitrogen and oxygen atoms in total. The van der Waals surface area contributed by atoms with Crippen LogP contribution in [0.2, 0.25) is 0 Å². The first kappa shape index (κ1) is 12.2. The molecule has 0 spiro atoms. The summed E-state index contributed by atoms with van der Waals surface area (Å²) in [7, 11) is 2.06. The Morgan fingerprint density at radius 1 is 1.39 bits per heavy atom. The largest absolute Gasteiger partial charge is 0.312 e. The van der Waals surface area contributed by atoms with Crippen molar-refractivity contribution in [3.8, 4) is 0 Å². The van der Waals surface area contributed by atoms with Gasteiger partial charge in [-0.1, -0.05) is 36.0 Å². The number of aryl methyl sites for hydroxylation is 1. The Morgan fingerprint density at radius 3 is 3.06 bits per heavy atom. The summed E-state index contributed by atoms with van der Waals surface area (Å²) in [5.41, 5.74) is 2.95. The maximum atomic E-state index is 4.39. The maximum Gasteiger partial charge on any atom is 0.150 e. The molecule has 0 radical (unpaired) electrons. The van der Waals surface area contributed by atoms with Crippen molar-refractivity contribution < 1.29 is 0 Å². The van der Waals surface area contributed by atoms with E-state index in [1.807, 2.05) is 23.3 Å². The molecule has 4 heteroatoms. The van der Waals surface area contributed by atoms with Crippen LogP contribution in [0, 0.1) is 0 Å². The molecule has 94 valence electrons. The minimum atomic E-state index is 0.434. The average Bonchev–Trinajstić information content (AvgIpc) is 2.91. The summed E-state index contributed by atoms with van der Waals surface area (Å²) in [5, 5.41) is 6.11. The van der Waals surface area contributed by atoms with Crippen LogP contribution in [0.5, 0.6) is 0 Å². The quantitative estimate of drug-likeness (QED) is 0.928. The Hall–Kier alpha value is -0.840. The van der Waals surface area contributed by atoms with Gasteiger partial charge in [0, 0.05) is 22.9 Å². The molecule has 0 aliphatic heterocycles. The van der Waals surface area contributed by atoms with Crippen molar-refractivity contribution in [2.45, 2.75) is 28.5 Å². The van der Waals surface area contributed by atoms with Gasteiger partial charge in [-0.15, -0.1) is 11.3 Å². The lowest BCUT2D eigenvalue weighted by atomic mass is 9.87. The highest BCUT2D eigenvalue weighted by Crippen LogP contribution is 2.40. The number of benzene rings is 1. The summed E-state index contributed by atoms with van der Waals surface area (Å²) >= 11 is 3.65. The average molecular weight is 276 g/mol. The molecule has 0 saturated heterocycles. The molecule has 1 aromatic carbocycles. The lowest BCUT2D eigenvalue weighted by Gasteiger charge is -2.32. The molecule has 1 aliphatic rings. The maximum absolute atomic E-state index is 4.39. The molecule has 3 rings (SSSR count). The van der Waals surface area contributed by atoms with E-state index in [9.17, 15) is 0 Å². The van der Waals surface area contributed by atoms with Crippen LogP contribution < -0.4 is 5.32 Å². The van der Waals surface area contributed by atoms with Crippen LogP contribution in [-0.2, 0) is 6.42 Å². The molecule has 2 atom stereocenters. The molecule has 2 unspecified atom stereocenters. The van der Waals surface area contributed by atoms with E-state index in [4.69, 9.17) is 0 Å². The van der Waals surface area contributed by atoms with Crippen LogP contribution in [0.3, 0.4) is 0 Å². The number of hydrogen-bond acceptors (Lipinski definition) is 4. The summed E-state index contributed by atoms with van der Waals surface area (Å²) in [6.45, 7) is 0. The highest BCUT2D eigenvalue weighted by Gasteiger charge is 2.29. The molecular weight excluding hydrogens is 260 g/mol. The molecular formula is C14H16N2S2. The van der Waals surface area contributed by atoms with Gasteiger partial charge in [0.1, 0.15) is 4.34 Å². The van der Waals surface area contributed by atoms with Crippen LogP contribution in [0.25, 0.3) is 0 Å². The fraction of sp³-hybridized carbons (Fsp3) is 0.357. The van der Waals surface area contributed by atoms with Gasteiger partial charge in [-0.25, -0.2) is 4.98 Å². The van der Waals surface area contributed by atoms with E-state index in [2.05, 4.69) is 41.6 Å². The zero-order valence-corrected chi connectivity index (χ0v) is 11.9. The fourth-order valence-corrected chi connectivity index (χ4v) is 4.75. The number of rotatable bonds is 3. The molecule has 18 heavy (non-hydrogen) atoms. The molecule has 1 N–H and O–H groups in total. The third-order valence-corrected chi connectivity index (χ3v) is 5.69. The van der Waals surface area contributed by atoms with Crippen LogP contribution in [-0.4, -0.2) is 17.3 Å². The Morgan fingerprint density at radius 2 is 2.28 bits per heavy atom. The SMILES string of the molecule is CNC1c2ccccc2CCC1Sc1nccs1. The first-order chi connectivity index (χ1) is 8.88. The van der Waals surface area contributed by atoms with Crippen molar-refractivity contribution in [2.75, 3.05) is 7.05 Å². The number of nitrogens with zero attached hydrogens (tertiary/aromatic N) is 1. The highest BCUT2D eigenvalue weighted by atomic mass is 32.2. The van der Waals surface area contributed by atoms with E-state index < -0.39 is 0 Å². The van der Waals surface area contributed by atoms with Crippen molar-refractivity contribution >= 4 is 23.1 Å². The Balaban J connectivity index is 1.85. The highest BCUT2D eigenvalue weighted by molar-refractivity contribution is 8.01. The molecule has 1 aliphatic carbocycles. The summed E-state index contributed by atoms with van der Waals surface area (Å²) in [4.78, 5) is 4.39. The summed E-state index contributed by atoms with van der Waals surface area (Å²) in [6.07, 6.45) is 4.28. The number of hydrogen-bond donors (Lipinski definition) is 1. The van der Waals surface area contributed by atoms with Crippen LogP contribution >= 0.6 is 23.1 Å². The number of nitrogens with one attached hydrogen (secondary N) is 1. The number of thiazole rings is 1. The van der Waals surface area contributed by atoms with Crippen molar-refractivity contribution in [1.29, 1.82) is 0 Å². The van der Waals surface area contributed by atoms with E-state index in [1.165, 1.54) is 28.3 Å². The predicted molar refractivity (Wildman–Crippen MR) is 78.3 cm³/mol. The van der Waals surface area contributed by atoms with E-state index >= 15 is 0 Å². The van der Waals surface area contributed by atoms with Gasteiger partial charge in [0.25, 0.3) is 0 Å². The number of aromatic nitrogens is 1. The minimum Gasteiger partial charge on any atom is -0.312 e. The van der Waals surface area contributed by atoms with Gasteiger partial charge in [-0.05, 0) is 31.0 Å². The summed E-state index contributed by atoms with van der Waals surface area (Å²) in [6, 6.07) is 9.22. The van der Waals surface area contributed by atoms with Crippen LogP contribution in [0.4, 0.5) is 0 Å². The third-order valence-electron chi connectivity index (χ3n) is 3.43. The molecule has 0 fully saturated rings. The molecule has 0 amide bonds. The normalized spacial score (nSPS) is 22.7. The van der Waals surface area contributed by atoms with Gasteiger partial charge in [0.15, 0.2) is 0 Å². The Labute approximate surface area is 116 Å². The second-order valence-electron chi connectivity index (χ2n) is 4.46. The standard InChI is InChI=1S/C14H16N2S2/c1-15-13-11-5-3-2-4-10(11)6-7-12(13)18-14-16-8-9-17-14/h2-5,8-9,12-13,15H,6-7H2,1H3. The van der Waals surface area contributed by atoms with Gasteiger partial charge in [-0.2, -0.15) is 0 Å². The number of fused-ring (bicyclic) bond motifs is 1. The van der Waals surface area contributed by atoms with E-state index in [1.54, 1.807) is 11.3 Å². The zero-order valence-electron chi connectivity index (χ0n) is 10.3.